The van der Waals surface area contributed by atoms with Gasteiger partial charge in [-0.15, -0.1) is 0 Å². The zero-order valence-electron chi connectivity index (χ0n) is 11.6. The van der Waals surface area contributed by atoms with Gasteiger partial charge in [0.2, 0.25) is 0 Å². The van der Waals surface area contributed by atoms with Crippen molar-refractivity contribution in [3.05, 3.63) is 52.9 Å². The fraction of sp³-hybridized carbons (Fsp3) is 0. The normalized spacial score (nSPS) is 14.2. The number of hydrogen-bond acceptors (Lipinski definition) is 10. The highest BCUT2D eigenvalue weighted by atomic mass is 32.2. The number of nitriles is 4. The smallest absolute Gasteiger partial charge is 0.178 e. The molecule has 2 aliphatic heterocycles. The van der Waals surface area contributed by atoms with Gasteiger partial charge in [-0.2, -0.15) is 21.0 Å². The summed E-state index contributed by atoms with van der Waals surface area (Å²) < 4.78 is 2.86. The van der Waals surface area contributed by atoms with Crippen molar-refractivity contribution < 1.29 is 0 Å². The molecule has 0 aromatic carbocycles. The summed E-state index contributed by atoms with van der Waals surface area (Å²) in [6.45, 7) is 0. The highest BCUT2D eigenvalue weighted by Crippen LogP contribution is 2.50. The molecule has 6 nitrogen and oxygen atoms in total. The lowest BCUT2D eigenvalue weighted by Crippen LogP contribution is -2.01. The Morgan fingerprint density at radius 2 is 0.792 bits per heavy atom. The van der Waals surface area contributed by atoms with Crippen LogP contribution in [-0.2, 0) is 0 Å². The second-order valence-corrected chi connectivity index (χ2v) is 7.84. The first-order chi connectivity index (χ1) is 11.7. The molecule has 10 heteroatoms. The molecule has 2 aliphatic rings. The third kappa shape index (κ3) is 4.35. The third-order valence-electron chi connectivity index (χ3n) is 2.30. The molecule has 1 aromatic heterocycles. The van der Waals surface area contributed by atoms with Gasteiger partial charge in [-0.25, -0.2) is 9.97 Å². The molecule has 0 spiro atoms. The van der Waals surface area contributed by atoms with E-state index in [1.807, 2.05) is 47.0 Å². The number of nitrogens with zero attached hydrogens (tertiary/aromatic N) is 6. The summed E-state index contributed by atoms with van der Waals surface area (Å²) >= 11 is 7.28. The summed E-state index contributed by atoms with van der Waals surface area (Å²) in [5.74, 6) is 0. The van der Waals surface area contributed by atoms with E-state index in [-0.39, 0.29) is 22.8 Å². The van der Waals surface area contributed by atoms with Gasteiger partial charge in [0.1, 0.15) is 24.3 Å². The van der Waals surface area contributed by atoms with Gasteiger partial charge in [0, 0.05) is 0 Å². The number of rotatable bonds is 0. The minimum Gasteiger partial charge on any atom is -0.220 e. The molecule has 0 fully saturated rings. The predicted octanol–water partition coefficient (Wildman–Crippen LogP) is 3.98. The highest BCUT2D eigenvalue weighted by molar-refractivity contribution is 8.33. The Kier molecular flexibility index (Phi) is 6.81. The second-order valence-electron chi connectivity index (χ2n) is 3.66. The van der Waals surface area contributed by atoms with Crippen molar-refractivity contribution in [3.63, 3.8) is 0 Å². The third-order valence-corrected chi connectivity index (χ3v) is 7.08. The fourth-order valence-corrected chi connectivity index (χ4v) is 5.39. The first-order valence-electron chi connectivity index (χ1n) is 5.96. The number of aromatic nitrogens is 2. The van der Waals surface area contributed by atoms with Gasteiger partial charge in [0.05, 0.1) is 8.47 Å². The van der Waals surface area contributed by atoms with Gasteiger partial charge in [-0.05, 0) is 21.6 Å². The van der Waals surface area contributed by atoms with Gasteiger partial charge < -0.3 is 0 Å². The van der Waals surface area contributed by atoms with Crippen LogP contribution in [-0.4, -0.2) is 9.97 Å². The van der Waals surface area contributed by atoms with E-state index < -0.39 is 0 Å². The van der Waals surface area contributed by atoms with Gasteiger partial charge in [0.25, 0.3) is 0 Å². The molecular formula is C14H4N6S4. The maximum absolute atomic E-state index is 8.54. The molecule has 3 rings (SSSR count). The summed E-state index contributed by atoms with van der Waals surface area (Å²) in [5, 5.41) is 42.7. The minimum atomic E-state index is -0.247. The molecule has 0 unspecified atom stereocenters. The molecule has 0 N–H and O–H groups in total. The minimum absolute atomic E-state index is 0.247. The Balaban J connectivity index is 0.000000182. The van der Waals surface area contributed by atoms with Crippen LogP contribution in [0.3, 0.4) is 0 Å². The molecule has 0 radical (unpaired) electrons. The summed E-state index contributed by atoms with van der Waals surface area (Å²) in [6.07, 6.45) is 0. The van der Waals surface area contributed by atoms with Crippen LogP contribution >= 0.6 is 47.0 Å². The molecule has 0 amide bonds. The Hall–Kier alpha value is -2.34. The van der Waals surface area contributed by atoms with Crippen LogP contribution in [0.2, 0.25) is 0 Å². The summed E-state index contributed by atoms with van der Waals surface area (Å²) in [4.78, 5) is 7.04. The van der Waals surface area contributed by atoms with Gasteiger partial charge in [0.15, 0.2) is 22.8 Å². The average Bonchev–Trinajstić information content (AvgIpc) is 3.33. The molecule has 114 valence electrons. The molecule has 3 heterocycles. The molecule has 24 heavy (non-hydrogen) atoms. The van der Waals surface area contributed by atoms with Gasteiger partial charge >= 0.3 is 0 Å². The van der Waals surface area contributed by atoms with Crippen molar-refractivity contribution in [3.8, 4) is 24.3 Å². The topological polar surface area (TPSA) is 121 Å². The van der Waals surface area contributed by atoms with Gasteiger partial charge in [-0.1, -0.05) is 47.0 Å². The Bertz CT molecular complexity index is 779. The van der Waals surface area contributed by atoms with Crippen molar-refractivity contribution >= 4 is 47.0 Å². The van der Waals surface area contributed by atoms with Crippen LogP contribution in [0.25, 0.3) is 0 Å². The van der Waals surface area contributed by atoms with Crippen molar-refractivity contribution in [1.29, 1.82) is 21.0 Å². The summed E-state index contributed by atoms with van der Waals surface area (Å²) in [7, 11) is 0. The summed E-state index contributed by atoms with van der Waals surface area (Å²) in [6, 6.07) is 6.46. The maximum Gasteiger partial charge on any atom is 0.178 e. The van der Waals surface area contributed by atoms with Crippen molar-refractivity contribution in [2.75, 3.05) is 0 Å². The average molecular weight is 384 g/mol. The fourth-order valence-electron chi connectivity index (χ4n) is 1.35. The Morgan fingerprint density at radius 1 is 0.542 bits per heavy atom. The monoisotopic (exact) mass is 384 g/mol. The standard InChI is InChI=1S/C8N6.C6H4S4/c9-1-5-6(2-10)14-8(4-12)7(3-11)13-5;1-2-8-5(7-1)6-9-3-4-10-6/h;1-4H. The van der Waals surface area contributed by atoms with Crippen LogP contribution in [0, 0.1) is 45.3 Å². The van der Waals surface area contributed by atoms with E-state index in [0.29, 0.717) is 0 Å². The van der Waals surface area contributed by atoms with E-state index in [0.717, 1.165) is 0 Å². The number of hydrogen-bond donors (Lipinski definition) is 0. The van der Waals surface area contributed by atoms with Crippen LogP contribution in [0.15, 0.2) is 30.1 Å². The van der Waals surface area contributed by atoms with E-state index in [1.54, 1.807) is 24.3 Å². The van der Waals surface area contributed by atoms with E-state index in [2.05, 4.69) is 31.6 Å². The largest absolute Gasteiger partial charge is 0.220 e. The zero-order chi connectivity index (χ0) is 17.4. The lowest BCUT2D eigenvalue weighted by molar-refractivity contribution is 1.08. The molecule has 0 atom stereocenters. The second kappa shape index (κ2) is 9.08. The van der Waals surface area contributed by atoms with Crippen molar-refractivity contribution in [2.45, 2.75) is 0 Å². The van der Waals surface area contributed by atoms with Crippen LogP contribution < -0.4 is 0 Å². The van der Waals surface area contributed by atoms with Crippen LogP contribution in [0.5, 0.6) is 0 Å². The molecule has 0 aliphatic carbocycles. The first-order valence-corrected chi connectivity index (χ1v) is 9.48. The highest BCUT2D eigenvalue weighted by Gasteiger charge is 2.13. The van der Waals surface area contributed by atoms with Crippen LogP contribution in [0.4, 0.5) is 0 Å². The summed E-state index contributed by atoms with van der Waals surface area (Å²) in [5.41, 5.74) is -0.989. The van der Waals surface area contributed by atoms with E-state index in [9.17, 15) is 0 Å². The quantitative estimate of drug-likeness (QED) is 0.649. The maximum atomic E-state index is 8.54. The molecule has 0 saturated carbocycles. The van der Waals surface area contributed by atoms with Gasteiger partial charge in [-0.3, -0.25) is 0 Å². The predicted molar refractivity (Wildman–Crippen MR) is 96.6 cm³/mol. The lowest BCUT2D eigenvalue weighted by atomic mass is 10.2. The molecule has 0 saturated heterocycles. The Labute approximate surface area is 155 Å². The SMILES string of the molecule is C1=CSC(=C2SC=CS2)S1.N#Cc1nc(C#N)c(C#N)nc1C#N. The zero-order valence-corrected chi connectivity index (χ0v) is 14.9. The van der Waals surface area contributed by atoms with Crippen molar-refractivity contribution in [1.82, 2.24) is 9.97 Å². The lowest BCUT2D eigenvalue weighted by Gasteiger charge is -1.97. The van der Waals surface area contributed by atoms with E-state index in [1.165, 1.54) is 8.47 Å². The first kappa shape index (κ1) is 18.0. The molecule has 1 aromatic rings. The van der Waals surface area contributed by atoms with Crippen molar-refractivity contribution in [2.24, 2.45) is 0 Å². The number of thioether (sulfide) groups is 4. The Morgan fingerprint density at radius 3 is 1.00 bits per heavy atom. The van der Waals surface area contributed by atoms with Crippen LogP contribution in [0.1, 0.15) is 22.8 Å². The van der Waals surface area contributed by atoms with E-state index >= 15 is 0 Å². The molecule has 0 bridgehead atoms. The van der Waals surface area contributed by atoms with E-state index in [4.69, 9.17) is 21.0 Å². The molecular weight excluding hydrogens is 380 g/mol.